The predicted molar refractivity (Wildman–Crippen MR) is 136 cm³/mol. The number of methoxy groups -OCH3 is 1. The molecule has 1 saturated carbocycles. The van der Waals surface area contributed by atoms with E-state index >= 15 is 0 Å². The lowest BCUT2D eigenvalue weighted by Crippen LogP contribution is -2.54. The number of aryl methyl sites for hydroxylation is 2. The number of nitriles is 1. The van der Waals surface area contributed by atoms with E-state index in [1.807, 2.05) is 11.0 Å². The predicted octanol–water partition coefficient (Wildman–Crippen LogP) is 4.22. The van der Waals surface area contributed by atoms with Crippen molar-refractivity contribution in [2.24, 2.45) is 0 Å². The van der Waals surface area contributed by atoms with Gasteiger partial charge < -0.3 is 19.3 Å². The number of carbonyl (C=O) groups excluding carboxylic acids is 1. The van der Waals surface area contributed by atoms with Gasteiger partial charge in [-0.15, -0.1) is 0 Å². The van der Waals surface area contributed by atoms with Crippen molar-refractivity contribution in [3.63, 3.8) is 0 Å². The fourth-order valence-corrected chi connectivity index (χ4v) is 4.78. The van der Waals surface area contributed by atoms with Crippen LogP contribution in [0.1, 0.15) is 60.9 Å². The van der Waals surface area contributed by atoms with Crippen LogP contribution in [0.5, 0.6) is 5.75 Å². The first-order chi connectivity index (χ1) is 17.0. The highest BCUT2D eigenvalue weighted by atomic mass is 16.5. The van der Waals surface area contributed by atoms with Crippen molar-refractivity contribution < 1.29 is 14.3 Å². The zero-order valence-corrected chi connectivity index (χ0v) is 21.1. The molecule has 2 aliphatic rings. The summed E-state index contributed by atoms with van der Waals surface area (Å²) in [7, 11) is 1.61. The average molecular weight is 477 g/mol. The lowest BCUT2D eigenvalue weighted by Gasteiger charge is -2.40. The largest absolute Gasteiger partial charge is 0.492 e. The second kappa shape index (κ2) is 11.5. The number of anilines is 1. The van der Waals surface area contributed by atoms with Gasteiger partial charge in [0.1, 0.15) is 17.6 Å². The summed E-state index contributed by atoms with van der Waals surface area (Å²) in [5.41, 5.74) is 4.16. The summed E-state index contributed by atoms with van der Waals surface area (Å²) in [4.78, 5) is 21.6. The Morgan fingerprint density at radius 1 is 1.23 bits per heavy atom. The maximum absolute atomic E-state index is 12.5. The molecule has 186 valence electrons. The van der Waals surface area contributed by atoms with Crippen molar-refractivity contribution in [3.8, 4) is 11.8 Å². The number of hydrogen-bond donors (Lipinski definition) is 0. The summed E-state index contributed by atoms with van der Waals surface area (Å²) in [6, 6.07) is 12.7. The molecule has 4 rings (SSSR count). The van der Waals surface area contributed by atoms with Crippen molar-refractivity contribution >= 4 is 11.7 Å². The number of amides is 1. The van der Waals surface area contributed by atoms with Gasteiger partial charge in [-0.3, -0.25) is 4.79 Å². The summed E-state index contributed by atoms with van der Waals surface area (Å²) >= 11 is 0. The standard InChI is InChI=1S/C28H36N4O3/c1-20-7-4-5-8-22(20)9-6-15-35-25-17-24(18-29)28(30-27(25)23-10-11-23)31-13-14-32(21(2)19-31)26(33)12-16-34-3/h4-5,7-8,17,21,23H,6,9-16,19H2,1-3H3/t21-/m1/s1. The molecule has 0 bridgehead atoms. The number of piperazine rings is 1. The molecule has 2 heterocycles. The maximum atomic E-state index is 12.5. The number of ether oxygens (including phenoxy) is 2. The van der Waals surface area contributed by atoms with Crippen LogP contribution in [0.4, 0.5) is 5.82 Å². The Hall–Kier alpha value is -3.11. The topological polar surface area (TPSA) is 78.7 Å². The molecule has 0 spiro atoms. The fourth-order valence-electron chi connectivity index (χ4n) is 4.78. The molecule has 1 aliphatic heterocycles. The minimum atomic E-state index is 0.0446. The maximum Gasteiger partial charge on any atom is 0.225 e. The number of carbonyl (C=O) groups is 1. The fraction of sp³-hybridized carbons (Fsp3) is 0.536. The number of pyridine rings is 1. The number of rotatable bonds is 10. The highest BCUT2D eigenvalue weighted by molar-refractivity contribution is 5.77. The Kier molecular flexibility index (Phi) is 8.25. The van der Waals surface area contributed by atoms with E-state index in [1.54, 1.807) is 7.11 Å². The molecule has 0 radical (unpaired) electrons. The van der Waals surface area contributed by atoms with Crippen LogP contribution in [0, 0.1) is 18.3 Å². The van der Waals surface area contributed by atoms with Gasteiger partial charge in [0.05, 0.1) is 30.9 Å². The van der Waals surface area contributed by atoms with Gasteiger partial charge in [0.2, 0.25) is 5.91 Å². The van der Waals surface area contributed by atoms with Crippen molar-refractivity contribution in [3.05, 3.63) is 52.7 Å². The van der Waals surface area contributed by atoms with E-state index in [2.05, 4.69) is 49.1 Å². The number of benzene rings is 1. The molecule has 1 saturated heterocycles. The smallest absolute Gasteiger partial charge is 0.225 e. The van der Waals surface area contributed by atoms with Crippen LogP contribution in [0.15, 0.2) is 30.3 Å². The number of aromatic nitrogens is 1. The van der Waals surface area contributed by atoms with Crippen molar-refractivity contribution in [1.82, 2.24) is 9.88 Å². The molecule has 35 heavy (non-hydrogen) atoms. The van der Waals surface area contributed by atoms with Crippen LogP contribution in [0.3, 0.4) is 0 Å². The van der Waals surface area contributed by atoms with E-state index in [-0.39, 0.29) is 11.9 Å². The molecule has 1 aliphatic carbocycles. The van der Waals surface area contributed by atoms with Gasteiger partial charge in [-0.25, -0.2) is 4.98 Å². The average Bonchev–Trinajstić information content (AvgIpc) is 3.71. The first kappa shape index (κ1) is 25.0. The van der Waals surface area contributed by atoms with Gasteiger partial charge in [0.15, 0.2) is 0 Å². The normalized spacial score (nSPS) is 17.8. The molecule has 1 atom stereocenters. The second-order valence-corrected chi connectivity index (χ2v) is 9.63. The number of nitrogens with zero attached hydrogens (tertiary/aromatic N) is 4. The molecule has 0 N–H and O–H groups in total. The zero-order valence-electron chi connectivity index (χ0n) is 21.1. The minimum absolute atomic E-state index is 0.0446. The Labute approximate surface area is 208 Å². The van der Waals surface area contributed by atoms with Crippen molar-refractivity contribution in [2.45, 2.75) is 57.9 Å². The molecule has 2 aromatic rings. The molecule has 1 amide bonds. The minimum Gasteiger partial charge on any atom is -0.492 e. The van der Waals surface area contributed by atoms with Crippen LogP contribution in [0.2, 0.25) is 0 Å². The van der Waals surface area contributed by atoms with Crippen molar-refractivity contribution in [1.29, 1.82) is 5.26 Å². The van der Waals surface area contributed by atoms with Crippen LogP contribution in [0.25, 0.3) is 0 Å². The molecule has 2 fully saturated rings. The summed E-state index contributed by atoms with van der Waals surface area (Å²) in [5, 5.41) is 9.92. The third kappa shape index (κ3) is 6.12. The van der Waals surface area contributed by atoms with Gasteiger partial charge in [0.25, 0.3) is 0 Å². The van der Waals surface area contributed by atoms with Crippen LogP contribution >= 0.6 is 0 Å². The van der Waals surface area contributed by atoms with Crippen LogP contribution < -0.4 is 9.64 Å². The molecule has 7 heteroatoms. The summed E-state index contributed by atoms with van der Waals surface area (Å²) < 4.78 is 11.3. The van der Waals surface area contributed by atoms with Gasteiger partial charge in [-0.2, -0.15) is 5.26 Å². The van der Waals surface area contributed by atoms with Gasteiger partial charge in [-0.1, -0.05) is 24.3 Å². The molecular weight excluding hydrogens is 440 g/mol. The summed E-state index contributed by atoms with van der Waals surface area (Å²) in [6.45, 7) is 7.15. The van der Waals surface area contributed by atoms with E-state index in [4.69, 9.17) is 14.5 Å². The molecule has 0 unspecified atom stereocenters. The van der Waals surface area contributed by atoms with Crippen LogP contribution in [-0.2, 0) is 16.0 Å². The Balaban J connectivity index is 1.44. The molecule has 1 aromatic carbocycles. The van der Waals surface area contributed by atoms with Gasteiger partial charge in [-0.05, 0) is 50.7 Å². The lowest BCUT2D eigenvalue weighted by atomic mass is 10.0. The number of hydrogen-bond acceptors (Lipinski definition) is 6. The Morgan fingerprint density at radius 2 is 2.03 bits per heavy atom. The third-order valence-electron chi connectivity index (χ3n) is 6.96. The Morgan fingerprint density at radius 3 is 2.71 bits per heavy atom. The lowest BCUT2D eigenvalue weighted by molar-refractivity contribution is -0.134. The second-order valence-electron chi connectivity index (χ2n) is 9.63. The van der Waals surface area contributed by atoms with E-state index < -0.39 is 0 Å². The first-order valence-corrected chi connectivity index (χ1v) is 12.7. The summed E-state index contributed by atoms with van der Waals surface area (Å²) in [5.74, 6) is 1.99. The monoisotopic (exact) mass is 476 g/mol. The highest BCUT2D eigenvalue weighted by Crippen LogP contribution is 2.45. The van der Waals surface area contributed by atoms with E-state index in [0.29, 0.717) is 50.8 Å². The first-order valence-electron chi connectivity index (χ1n) is 12.7. The molecular formula is C28H36N4O3. The van der Waals surface area contributed by atoms with Crippen LogP contribution in [-0.4, -0.2) is 61.8 Å². The van der Waals surface area contributed by atoms with Gasteiger partial charge >= 0.3 is 0 Å². The molecule has 1 aromatic heterocycles. The SMILES string of the molecule is COCCC(=O)N1CCN(c2nc(C3CC3)c(OCCCc3ccccc3C)cc2C#N)C[C@H]1C. The highest BCUT2D eigenvalue weighted by Gasteiger charge is 2.33. The molecule has 7 nitrogen and oxygen atoms in total. The summed E-state index contributed by atoms with van der Waals surface area (Å²) in [6.07, 6.45) is 4.49. The van der Waals surface area contributed by atoms with E-state index in [0.717, 1.165) is 42.9 Å². The van der Waals surface area contributed by atoms with E-state index in [1.165, 1.54) is 11.1 Å². The quantitative estimate of drug-likeness (QED) is 0.478. The van der Waals surface area contributed by atoms with Crippen molar-refractivity contribution in [2.75, 3.05) is 44.9 Å². The van der Waals surface area contributed by atoms with E-state index in [9.17, 15) is 10.1 Å². The third-order valence-corrected chi connectivity index (χ3v) is 6.96. The Bertz CT molecular complexity index is 1080. The zero-order chi connectivity index (χ0) is 24.8. The van der Waals surface area contributed by atoms with Gasteiger partial charge in [0, 0.05) is 44.8 Å².